The fourth-order valence-electron chi connectivity index (χ4n) is 1.56. The number of halogens is 1. The summed E-state index contributed by atoms with van der Waals surface area (Å²) in [5.74, 6) is -2.15. The quantitative estimate of drug-likeness (QED) is 0.637. The highest BCUT2D eigenvalue weighted by Crippen LogP contribution is 2.13. The molecular weight excluding hydrogens is 251 g/mol. The number of esters is 1. The molecule has 0 aromatic heterocycles. The number of amides is 1. The Morgan fingerprint density at radius 3 is 2.47 bits per heavy atom. The van der Waals surface area contributed by atoms with Gasteiger partial charge in [0, 0.05) is 5.69 Å². The number of carbonyl (C=O) groups excluding carboxylic acids is 2. The van der Waals surface area contributed by atoms with Crippen LogP contribution in [0.2, 0.25) is 0 Å². The summed E-state index contributed by atoms with van der Waals surface area (Å²) in [4.78, 5) is 23.4. The molecule has 1 atom stereocenters. The highest BCUT2D eigenvalue weighted by Gasteiger charge is 2.26. The van der Waals surface area contributed by atoms with Gasteiger partial charge in [-0.05, 0) is 24.1 Å². The van der Waals surface area contributed by atoms with E-state index in [-0.39, 0.29) is 17.2 Å². The summed E-state index contributed by atoms with van der Waals surface area (Å²) >= 11 is 0. The van der Waals surface area contributed by atoms with Gasteiger partial charge in [-0.15, -0.1) is 0 Å². The van der Waals surface area contributed by atoms with Gasteiger partial charge in [0.15, 0.2) is 0 Å². The van der Waals surface area contributed by atoms with Crippen molar-refractivity contribution in [2.24, 2.45) is 5.92 Å². The molecule has 0 unspecified atom stereocenters. The van der Waals surface area contributed by atoms with Gasteiger partial charge in [0.1, 0.15) is 11.9 Å². The maximum atomic E-state index is 13.6. The van der Waals surface area contributed by atoms with Crippen LogP contribution in [-0.4, -0.2) is 25.0 Å². The first kappa shape index (κ1) is 14.9. The molecule has 1 amide bonds. The molecule has 0 saturated heterocycles. The molecule has 1 aromatic carbocycles. The van der Waals surface area contributed by atoms with Crippen LogP contribution < -0.4 is 11.1 Å². The van der Waals surface area contributed by atoms with Gasteiger partial charge in [0.2, 0.25) is 0 Å². The number of hydrogen-bond acceptors (Lipinski definition) is 4. The molecule has 6 heteroatoms. The molecule has 0 heterocycles. The molecule has 5 nitrogen and oxygen atoms in total. The van der Waals surface area contributed by atoms with Gasteiger partial charge in [0.25, 0.3) is 5.91 Å². The van der Waals surface area contributed by atoms with Crippen LogP contribution in [0.3, 0.4) is 0 Å². The summed E-state index contributed by atoms with van der Waals surface area (Å²) < 4.78 is 18.2. The van der Waals surface area contributed by atoms with E-state index >= 15 is 0 Å². The van der Waals surface area contributed by atoms with Crippen molar-refractivity contribution in [3.63, 3.8) is 0 Å². The Balaban J connectivity index is 2.91. The van der Waals surface area contributed by atoms with E-state index in [1.54, 1.807) is 13.8 Å². The summed E-state index contributed by atoms with van der Waals surface area (Å²) in [6, 6.07) is 2.92. The summed E-state index contributed by atoms with van der Waals surface area (Å²) in [5, 5.41) is 2.45. The van der Waals surface area contributed by atoms with Gasteiger partial charge in [-0.2, -0.15) is 0 Å². The number of benzene rings is 1. The van der Waals surface area contributed by atoms with E-state index in [1.165, 1.54) is 19.2 Å². The number of nitrogens with one attached hydrogen (secondary N) is 1. The Labute approximate surface area is 110 Å². The van der Waals surface area contributed by atoms with E-state index in [1.807, 2.05) is 0 Å². The Kier molecular flexibility index (Phi) is 4.86. The van der Waals surface area contributed by atoms with E-state index in [9.17, 15) is 14.0 Å². The highest BCUT2D eigenvalue weighted by molar-refractivity contribution is 5.97. The van der Waals surface area contributed by atoms with Crippen LogP contribution in [0.4, 0.5) is 10.1 Å². The largest absolute Gasteiger partial charge is 0.467 e. The number of nitrogen functional groups attached to an aromatic ring is 1. The third-order valence-corrected chi connectivity index (χ3v) is 2.65. The number of ether oxygens (including phenoxy) is 1. The normalized spacial score (nSPS) is 12.1. The minimum Gasteiger partial charge on any atom is -0.467 e. The lowest BCUT2D eigenvalue weighted by molar-refractivity contribution is -0.144. The minimum atomic E-state index is -0.825. The average molecular weight is 268 g/mol. The Hall–Kier alpha value is -2.11. The minimum absolute atomic E-state index is 0.163. The number of hydrogen-bond donors (Lipinski definition) is 2. The highest BCUT2D eigenvalue weighted by atomic mass is 19.1. The molecule has 0 saturated carbocycles. The van der Waals surface area contributed by atoms with Crippen LogP contribution in [0.25, 0.3) is 0 Å². The first-order chi connectivity index (χ1) is 8.86. The maximum Gasteiger partial charge on any atom is 0.328 e. The van der Waals surface area contributed by atoms with Crippen molar-refractivity contribution in [1.82, 2.24) is 5.32 Å². The molecule has 0 aliphatic carbocycles. The third-order valence-electron chi connectivity index (χ3n) is 2.65. The SMILES string of the molecule is COC(=O)[C@@H](NC(=O)c1ccc(N)cc1F)C(C)C. The molecule has 104 valence electrons. The van der Waals surface area contributed by atoms with Crippen LogP contribution >= 0.6 is 0 Å². The van der Waals surface area contributed by atoms with Crippen molar-refractivity contribution in [1.29, 1.82) is 0 Å². The molecule has 0 aliphatic heterocycles. The zero-order chi connectivity index (χ0) is 14.6. The van der Waals surface area contributed by atoms with E-state index in [0.29, 0.717) is 0 Å². The maximum absolute atomic E-state index is 13.6. The Bertz CT molecular complexity index is 489. The number of carbonyl (C=O) groups is 2. The number of rotatable bonds is 4. The predicted octanol–water partition coefficient (Wildman–Crippen LogP) is 1.34. The second kappa shape index (κ2) is 6.17. The smallest absolute Gasteiger partial charge is 0.328 e. The van der Waals surface area contributed by atoms with Crippen molar-refractivity contribution in [2.75, 3.05) is 12.8 Å². The second-order valence-electron chi connectivity index (χ2n) is 4.46. The zero-order valence-corrected chi connectivity index (χ0v) is 11.1. The molecule has 3 N–H and O–H groups in total. The molecule has 1 aromatic rings. The van der Waals surface area contributed by atoms with Gasteiger partial charge in [0.05, 0.1) is 12.7 Å². The second-order valence-corrected chi connectivity index (χ2v) is 4.46. The number of methoxy groups -OCH3 is 1. The topological polar surface area (TPSA) is 81.4 Å². The molecule has 1 rings (SSSR count). The van der Waals surface area contributed by atoms with Crippen molar-refractivity contribution in [3.05, 3.63) is 29.6 Å². The van der Waals surface area contributed by atoms with Crippen molar-refractivity contribution in [3.8, 4) is 0 Å². The van der Waals surface area contributed by atoms with Crippen LogP contribution in [0.15, 0.2) is 18.2 Å². The monoisotopic (exact) mass is 268 g/mol. The van der Waals surface area contributed by atoms with E-state index < -0.39 is 23.7 Å². The molecule has 0 bridgehead atoms. The molecule has 0 radical (unpaired) electrons. The van der Waals surface area contributed by atoms with Crippen molar-refractivity contribution < 1.29 is 18.7 Å². The predicted molar refractivity (Wildman–Crippen MR) is 68.9 cm³/mol. The van der Waals surface area contributed by atoms with Gasteiger partial charge >= 0.3 is 5.97 Å². The van der Waals surface area contributed by atoms with Crippen LogP contribution in [0.5, 0.6) is 0 Å². The lowest BCUT2D eigenvalue weighted by atomic mass is 10.0. The fraction of sp³-hybridized carbons (Fsp3) is 0.385. The van der Waals surface area contributed by atoms with Crippen LogP contribution in [0, 0.1) is 11.7 Å². The number of anilines is 1. The molecule has 0 fully saturated rings. The lowest BCUT2D eigenvalue weighted by Gasteiger charge is -2.19. The lowest BCUT2D eigenvalue weighted by Crippen LogP contribution is -2.45. The van der Waals surface area contributed by atoms with Crippen molar-refractivity contribution >= 4 is 17.6 Å². The average Bonchev–Trinajstić information content (AvgIpc) is 2.34. The summed E-state index contributed by atoms with van der Waals surface area (Å²) in [5.41, 5.74) is 5.46. The Morgan fingerprint density at radius 2 is 2.00 bits per heavy atom. The van der Waals surface area contributed by atoms with E-state index in [4.69, 9.17) is 5.73 Å². The first-order valence-electron chi connectivity index (χ1n) is 5.80. The van der Waals surface area contributed by atoms with E-state index in [0.717, 1.165) is 6.07 Å². The van der Waals surface area contributed by atoms with Gasteiger partial charge < -0.3 is 15.8 Å². The summed E-state index contributed by atoms with van der Waals surface area (Å²) in [6.45, 7) is 3.50. The van der Waals surface area contributed by atoms with Crippen LogP contribution in [0.1, 0.15) is 24.2 Å². The number of nitrogens with two attached hydrogens (primary N) is 1. The summed E-state index contributed by atoms with van der Waals surface area (Å²) in [6.07, 6.45) is 0. The molecule has 19 heavy (non-hydrogen) atoms. The van der Waals surface area contributed by atoms with Gasteiger partial charge in [-0.25, -0.2) is 9.18 Å². The fourth-order valence-corrected chi connectivity index (χ4v) is 1.56. The van der Waals surface area contributed by atoms with Crippen molar-refractivity contribution in [2.45, 2.75) is 19.9 Å². The van der Waals surface area contributed by atoms with Crippen LogP contribution in [-0.2, 0) is 9.53 Å². The molecule has 0 spiro atoms. The molecule has 0 aliphatic rings. The van der Waals surface area contributed by atoms with E-state index in [2.05, 4.69) is 10.1 Å². The summed E-state index contributed by atoms with van der Waals surface area (Å²) in [7, 11) is 1.23. The Morgan fingerprint density at radius 1 is 1.37 bits per heavy atom. The molecular formula is C13H17FN2O3. The van der Waals surface area contributed by atoms with Gasteiger partial charge in [-0.1, -0.05) is 13.8 Å². The zero-order valence-electron chi connectivity index (χ0n) is 11.1. The van der Waals surface area contributed by atoms with Gasteiger partial charge in [-0.3, -0.25) is 4.79 Å². The first-order valence-corrected chi connectivity index (χ1v) is 5.80. The third kappa shape index (κ3) is 3.67. The standard InChI is InChI=1S/C13H17FN2O3/c1-7(2)11(13(18)19-3)16-12(17)9-5-4-8(15)6-10(9)14/h4-7,11H,15H2,1-3H3,(H,16,17)/t11-/m0/s1.